The number of thiophene rings is 1. The van der Waals surface area contributed by atoms with Crippen molar-refractivity contribution in [2.45, 2.75) is 27.7 Å². The number of aryl methyl sites for hydroxylation is 4. The van der Waals surface area contributed by atoms with Crippen LogP contribution >= 0.6 is 11.3 Å². The first kappa shape index (κ1) is 29.4. The average Bonchev–Trinajstić information content (AvgIpc) is 3.65. The van der Waals surface area contributed by atoms with Gasteiger partial charge in [-0.3, -0.25) is 0 Å². The largest absolute Gasteiger partial charge is 0.355 e. The fraction of sp³-hybridized carbons (Fsp3) is 0.0870. The Hall–Kier alpha value is -5.58. The second-order valence-corrected chi connectivity index (χ2v) is 15.0. The maximum Gasteiger partial charge on any atom is 0.197 e. The minimum Gasteiger partial charge on any atom is -0.355 e. The van der Waals surface area contributed by atoms with Crippen molar-refractivity contribution >= 4 is 82.9 Å². The maximum absolute atomic E-state index is 3.92. The smallest absolute Gasteiger partial charge is 0.197 e. The Morgan fingerprint density at radius 3 is 2.14 bits per heavy atom. The third-order valence-electron chi connectivity index (χ3n) is 10.6. The second-order valence-electron chi connectivity index (χ2n) is 13.9. The number of rotatable bonds is 4. The summed E-state index contributed by atoms with van der Waals surface area (Å²) in [7, 11) is 2.43. The molecule has 1 aliphatic heterocycles. The summed E-state index contributed by atoms with van der Waals surface area (Å²) in [6, 6.07) is 47.4. The number of nitrogens with one attached hydrogen (secondary N) is 1. The molecule has 1 radical (unpaired) electrons. The lowest BCUT2D eigenvalue weighted by Crippen LogP contribution is -2.37. The lowest BCUT2D eigenvalue weighted by molar-refractivity contribution is 1.19. The molecule has 0 unspecified atom stereocenters. The summed E-state index contributed by atoms with van der Waals surface area (Å²) in [5.41, 5.74) is 18.6. The van der Waals surface area contributed by atoms with Crippen molar-refractivity contribution in [3.63, 3.8) is 0 Å². The molecule has 50 heavy (non-hydrogen) atoms. The molecule has 0 spiro atoms. The molecule has 3 heterocycles. The topological polar surface area (TPSA) is 17.0 Å². The highest BCUT2D eigenvalue weighted by Crippen LogP contribution is 2.44. The van der Waals surface area contributed by atoms with E-state index in [1.165, 1.54) is 103 Å². The van der Waals surface area contributed by atoms with Gasteiger partial charge in [0.2, 0.25) is 0 Å². The molecule has 9 aromatic rings. The summed E-state index contributed by atoms with van der Waals surface area (Å²) in [6.45, 7) is 8.89. The SMILES string of the molecule is Cc1cc(C)c(-c2cc(-c3cc4c(cc3Nc3ccccc3C)sc3ccccc34)c3c(c2)-n2c4ccccc4c4cccc(c42)[B]3)c(C)c1. The van der Waals surface area contributed by atoms with E-state index in [9.17, 15) is 0 Å². The number of anilines is 2. The molecule has 0 saturated heterocycles. The van der Waals surface area contributed by atoms with Gasteiger partial charge in [-0.2, -0.15) is 0 Å². The van der Waals surface area contributed by atoms with Crippen LogP contribution in [0.1, 0.15) is 22.3 Å². The molecule has 0 atom stereocenters. The highest BCUT2D eigenvalue weighted by Gasteiger charge is 2.28. The molecule has 0 bridgehead atoms. The summed E-state index contributed by atoms with van der Waals surface area (Å²) in [4.78, 5) is 0. The van der Waals surface area contributed by atoms with Crippen LogP contribution in [0.15, 0.2) is 127 Å². The molecular weight excluding hydrogens is 623 g/mol. The van der Waals surface area contributed by atoms with Crippen LogP contribution in [0.5, 0.6) is 0 Å². The molecule has 237 valence electrons. The maximum atomic E-state index is 3.92. The van der Waals surface area contributed by atoms with Crippen LogP contribution < -0.4 is 16.2 Å². The zero-order chi connectivity index (χ0) is 33.7. The third kappa shape index (κ3) is 4.35. The summed E-state index contributed by atoms with van der Waals surface area (Å²) in [5, 5.41) is 9.10. The quantitative estimate of drug-likeness (QED) is 0.186. The van der Waals surface area contributed by atoms with Crippen molar-refractivity contribution in [1.82, 2.24) is 4.57 Å². The Bertz CT molecular complexity index is 2850. The van der Waals surface area contributed by atoms with Gasteiger partial charge in [0.05, 0.1) is 5.52 Å². The van der Waals surface area contributed by atoms with Crippen LogP contribution in [0.3, 0.4) is 0 Å². The molecule has 7 aromatic carbocycles. The zero-order valence-corrected chi connectivity index (χ0v) is 29.4. The lowest BCUT2D eigenvalue weighted by Gasteiger charge is -2.26. The Balaban J connectivity index is 1.35. The Morgan fingerprint density at radius 2 is 1.30 bits per heavy atom. The van der Waals surface area contributed by atoms with Crippen LogP contribution in [-0.4, -0.2) is 11.8 Å². The summed E-state index contributed by atoms with van der Waals surface area (Å²) in [5.74, 6) is 0. The number of aromatic nitrogens is 1. The molecule has 2 nitrogen and oxygen atoms in total. The van der Waals surface area contributed by atoms with Gasteiger partial charge in [-0.1, -0.05) is 96.0 Å². The van der Waals surface area contributed by atoms with Crippen molar-refractivity contribution in [2.24, 2.45) is 0 Å². The highest BCUT2D eigenvalue weighted by molar-refractivity contribution is 7.25. The molecule has 1 aliphatic rings. The van der Waals surface area contributed by atoms with Crippen molar-refractivity contribution in [1.29, 1.82) is 0 Å². The minimum absolute atomic E-state index is 1.12. The first-order valence-corrected chi connectivity index (χ1v) is 18.2. The van der Waals surface area contributed by atoms with E-state index in [1.807, 2.05) is 11.3 Å². The monoisotopic (exact) mass is 657 g/mol. The van der Waals surface area contributed by atoms with Gasteiger partial charge in [-0.05, 0) is 109 Å². The van der Waals surface area contributed by atoms with Gasteiger partial charge in [0.1, 0.15) is 0 Å². The van der Waals surface area contributed by atoms with Crippen molar-refractivity contribution in [3.05, 3.63) is 150 Å². The number of para-hydroxylation sites is 3. The zero-order valence-electron chi connectivity index (χ0n) is 28.6. The van der Waals surface area contributed by atoms with Gasteiger partial charge in [0.25, 0.3) is 0 Å². The van der Waals surface area contributed by atoms with E-state index >= 15 is 0 Å². The van der Waals surface area contributed by atoms with Crippen LogP contribution in [0.25, 0.3) is 69.9 Å². The van der Waals surface area contributed by atoms with Crippen LogP contribution in [0.4, 0.5) is 11.4 Å². The number of fused-ring (bicyclic) bond motifs is 8. The molecule has 0 aliphatic carbocycles. The molecule has 10 rings (SSSR count). The number of nitrogens with zero attached hydrogens (tertiary/aromatic N) is 1. The van der Waals surface area contributed by atoms with Gasteiger partial charge in [0, 0.05) is 59.1 Å². The number of hydrogen-bond donors (Lipinski definition) is 1. The summed E-state index contributed by atoms with van der Waals surface area (Å²) in [6.07, 6.45) is 0. The van der Waals surface area contributed by atoms with Gasteiger partial charge < -0.3 is 9.88 Å². The Morgan fingerprint density at radius 1 is 0.560 bits per heavy atom. The van der Waals surface area contributed by atoms with Gasteiger partial charge >= 0.3 is 0 Å². The average molecular weight is 658 g/mol. The van der Waals surface area contributed by atoms with Gasteiger partial charge in [-0.25, -0.2) is 0 Å². The molecule has 0 fully saturated rings. The standard InChI is InChI=1S/C46H34BN2S/c1-26-20-28(3)44(29(4)21-26)30-22-36(45-41(23-30)49-40-18-9-6-13-31(40)33-15-11-16-37(47-45)46(33)49)34-24-35-32-14-7-10-19-42(32)50-43(35)25-39(34)48-38-17-8-5-12-27(38)2/h5-25,48H,1-4H3. The van der Waals surface area contributed by atoms with Crippen LogP contribution in [0, 0.1) is 27.7 Å². The summed E-state index contributed by atoms with van der Waals surface area (Å²) < 4.78 is 5.12. The molecule has 1 N–H and O–H groups in total. The molecule has 0 saturated carbocycles. The minimum atomic E-state index is 1.12. The van der Waals surface area contributed by atoms with Crippen molar-refractivity contribution in [3.8, 4) is 27.9 Å². The fourth-order valence-electron chi connectivity index (χ4n) is 8.50. The third-order valence-corrected chi connectivity index (χ3v) is 11.7. The highest BCUT2D eigenvalue weighted by atomic mass is 32.1. The fourth-order valence-corrected chi connectivity index (χ4v) is 9.63. The van der Waals surface area contributed by atoms with Crippen LogP contribution in [-0.2, 0) is 0 Å². The first-order chi connectivity index (χ1) is 24.4. The normalized spacial score (nSPS) is 12.2. The predicted octanol–water partition coefficient (Wildman–Crippen LogP) is 11.4. The molecule has 4 heteroatoms. The molecular formula is C46H34BN2S. The van der Waals surface area contributed by atoms with E-state index in [-0.39, 0.29) is 0 Å². The van der Waals surface area contributed by atoms with Crippen LogP contribution in [0.2, 0.25) is 0 Å². The van der Waals surface area contributed by atoms with Crippen molar-refractivity contribution < 1.29 is 0 Å². The Labute approximate surface area is 296 Å². The summed E-state index contributed by atoms with van der Waals surface area (Å²) >= 11 is 1.87. The van der Waals surface area contributed by atoms with Gasteiger partial charge in [-0.15, -0.1) is 11.3 Å². The number of hydrogen-bond acceptors (Lipinski definition) is 2. The van der Waals surface area contributed by atoms with E-state index in [1.54, 1.807) is 0 Å². The molecule has 0 amide bonds. The second kappa shape index (κ2) is 11.0. The van der Waals surface area contributed by atoms with Crippen molar-refractivity contribution in [2.75, 3.05) is 5.32 Å². The number of benzene rings is 7. The van der Waals surface area contributed by atoms with E-state index in [2.05, 4.69) is 172 Å². The Kier molecular flexibility index (Phi) is 6.44. The van der Waals surface area contributed by atoms with Gasteiger partial charge in [0.15, 0.2) is 7.28 Å². The van der Waals surface area contributed by atoms with E-state index < -0.39 is 0 Å². The van der Waals surface area contributed by atoms with E-state index in [0.29, 0.717) is 0 Å². The predicted molar refractivity (Wildman–Crippen MR) is 218 cm³/mol. The van der Waals surface area contributed by atoms with E-state index in [0.717, 1.165) is 11.4 Å². The lowest BCUT2D eigenvalue weighted by atomic mass is 9.58. The van der Waals surface area contributed by atoms with E-state index in [4.69, 9.17) is 0 Å². The first-order valence-electron chi connectivity index (χ1n) is 17.3. The molecule has 2 aromatic heterocycles.